The first-order valence-electron chi connectivity index (χ1n) is 40.4. The molecule has 8 nitrogen and oxygen atoms in total. The molecule has 554 valence electrons. The number of benzene rings is 14. The molecule has 0 amide bonds. The zero-order valence-corrected chi connectivity index (χ0v) is 66.1. The summed E-state index contributed by atoms with van der Waals surface area (Å²) in [6.45, 7) is 14.1. The minimum atomic E-state index is -0.140. The maximum Gasteiger partial charge on any atom is 0.159 e. The molecule has 117 heavy (non-hydrogen) atoms. The number of nitrogens with zero attached hydrogens (tertiary/aromatic N) is 6. The van der Waals surface area contributed by atoms with Crippen LogP contribution in [0.5, 0.6) is 0 Å². The van der Waals surface area contributed by atoms with E-state index >= 15 is 0 Å². The number of furan rings is 2. The quantitative estimate of drug-likeness (QED) is 0.172. The number of thiophene rings is 1. The molecule has 9 heterocycles. The molecule has 0 N–H and O–H groups in total. The standard InChI is InChI=1S/C38H26N2O.C38H26N2S.C32H22N2O/c2*1-38(2)31-13-5-3-9-26(31)28-20-21-30-35-32(14-8-22-39-35)40(36(30)34(28)38)24-18-16-23(17-19-24)25-11-7-12-29-27-10-4-6-15-33(27)41-37(25)29;1-32(2)24-12-5-3-9-19(24)21-16-17-23-29-25(14-8-18-33-29)34(30(23)28(21)32)26-13-7-11-22-20-10-4-6-15-27(20)35-31(22)26/h2*3-22H,1-2H3;3-18H,1-2H3. The van der Waals surface area contributed by atoms with Crippen LogP contribution in [0.4, 0.5) is 0 Å². The molecule has 9 heteroatoms. The Labute approximate surface area is 678 Å². The summed E-state index contributed by atoms with van der Waals surface area (Å²) in [7, 11) is 0. The third-order valence-electron chi connectivity index (χ3n) is 25.9. The number of rotatable bonds is 5. The molecule has 0 atom stereocenters. The molecule has 0 fully saturated rings. The van der Waals surface area contributed by atoms with Gasteiger partial charge in [0.05, 0.1) is 55.3 Å². The summed E-state index contributed by atoms with van der Waals surface area (Å²) in [5.74, 6) is 0. The second-order valence-corrected chi connectivity index (χ2v) is 34.2. The van der Waals surface area contributed by atoms with Gasteiger partial charge in [0.15, 0.2) is 5.58 Å². The molecule has 3 aliphatic carbocycles. The average molecular weight is 1520 g/mol. The Morgan fingerprint density at radius 3 is 1.13 bits per heavy atom. The predicted molar refractivity (Wildman–Crippen MR) is 487 cm³/mol. The third kappa shape index (κ3) is 9.54. The molecule has 0 saturated carbocycles. The van der Waals surface area contributed by atoms with E-state index in [1.165, 1.54) is 131 Å². The number of hydrogen-bond acceptors (Lipinski definition) is 6. The normalized spacial score (nSPS) is 13.9. The van der Waals surface area contributed by atoms with Gasteiger partial charge in [-0.25, -0.2) is 0 Å². The summed E-state index contributed by atoms with van der Waals surface area (Å²) < 4.78 is 22.8. The molecule has 0 radical (unpaired) electrons. The Kier molecular flexibility index (Phi) is 14.3. The lowest BCUT2D eigenvalue weighted by atomic mass is 9.81. The highest BCUT2D eigenvalue weighted by Crippen LogP contribution is 2.57. The second kappa shape index (κ2) is 24.9. The first kappa shape index (κ1) is 67.3. The smallest absolute Gasteiger partial charge is 0.159 e. The van der Waals surface area contributed by atoms with Crippen LogP contribution in [0.25, 0.3) is 203 Å². The van der Waals surface area contributed by atoms with Gasteiger partial charge in [-0.1, -0.05) is 260 Å². The van der Waals surface area contributed by atoms with Gasteiger partial charge >= 0.3 is 0 Å². The van der Waals surface area contributed by atoms with Gasteiger partial charge in [0.25, 0.3) is 0 Å². The van der Waals surface area contributed by atoms with E-state index in [0.29, 0.717) is 0 Å². The highest BCUT2D eigenvalue weighted by molar-refractivity contribution is 7.26. The largest absolute Gasteiger partial charge is 0.455 e. The van der Waals surface area contributed by atoms with Gasteiger partial charge in [0.2, 0.25) is 0 Å². The number of aromatic nitrogens is 6. The molecule has 0 aliphatic heterocycles. The van der Waals surface area contributed by atoms with E-state index in [9.17, 15) is 0 Å². The molecular weight excluding hydrogens is 1450 g/mol. The molecule has 9 aromatic heterocycles. The summed E-state index contributed by atoms with van der Waals surface area (Å²) in [5, 5.41) is 10.8. The van der Waals surface area contributed by atoms with E-state index in [4.69, 9.17) is 23.8 Å². The van der Waals surface area contributed by atoms with Crippen molar-refractivity contribution in [2.75, 3.05) is 0 Å². The highest BCUT2D eigenvalue weighted by atomic mass is 32.1. The molecule has 23 aromatic rings. The zero-order chi connectivity index (χ0) is 77.9. The first-order chi connectivity index (χ1) is 57.4. The predicted octanol–water partition coefficient (Wildman–Crippen LogP) is 29.0. The van der Waals surface area contributed by atoms with E-state index in [2.05, 4.69) is 334 Å². The number of fused-ring (bicyclic) bond motifs is 30. The van der Waals surface area contributed by atoms with Crippen LogP contribution in [0.2, 0.25) is 0 Å². The van der Waals surface area contributed by atoms with Crippen LogP contribution in [-0.2, 0) is 16.2 Å². The maximum atomic E-state index is 6.50. The Morgan fingerprint density at radius 2 is 0.632 bits per heavy atom. The summed E-state index contributed by atoms with van der Waals surface area (Å²) in [4.78, 5) is 14.6. The van der Waals surface area contributed by atoms with E-state index in [-0.39, 0.29) is 16.2 Å². The SMILES string of the molecule is CC1(C)c2ccccc2-c2ccc3c4ncccc4n(-c4ccc(-c5cccc6c5oc5ccccc56)cc4)c3c21.CC1(C)c2ccccc2-c2ccc3c4ncccc4n(-c4ccc(-c5cccc6c5sc5ccccc56)cc4)c3c21.CC1(C)c2ccccc2-c2ccc3c4ncccc4n(-c4cccc5c4oc4ccccc45)c3c21. The van der Waals surface area contributed by atoms with Crippen LogP contribution in [0.15, 0.2) is 349 Å². The number of para-hydroxylation sites is 4. The molecule has 26 rings (SSSR count). The lowest BCUT2D eigenvalue weighted by molar-refractivity contribution is 0.660. The topological polar surface area (TPSA) is 79.7 Å². The molecule has 0 unspecified atom stereocenters. The van der Waals surface area contributed by atoms with Gasteiger partial charge in [-0.2, -0.15) is 0 Å². The average Bonchev–Trinajstić information content (AvgIpc) is 1.54. The molecule has 0 spiro atoms. The molecular formula is C108H74N6O2S. The monoisotopic (exact) mass is 1520 g/mol. The molecule has 3 aliphatic rings. The van der Waals surface area contributed by atoms with Crippen LogP contribution in [-0.4, -0.2) is 28.7 Å². The maximum absolute atomic E-state index is 6.50. The molecule has 14 aromatic carbocycles. The number of hydrogen-bond donors (Lipinski definition) is 0. The zero-order valence-electron chi connectivity index (χ0n) is 65.2. The van der Waals surface area contributed by atoms with Crippen molar-refractivity contribution < 1.29 is 8.83 Å². The lowest BCUT2D eigenvalue weighted by Crippen LogP contribution is -2.16. The minimum Gasteiger partial charge on any atom is -0.455 e. The van der Waals surface area contributed by atoms with Crippen LogP contribution in [0.1, 0.15) is 74.9 Å². The Hall–Kier alpha value is -14.3. The lowest BCUT2D eigenvalue weighted by Gasteiger charge is -2.23. The fourth-order valence-electron chi connectivity index (χ4n) is 20.7. The Bertz CT molecular complexity index is 7840. The van der Waals surface area contributed by atoms with Crippen LogP contribution in [0, 0.1) is 0 Å². The fourth-order valence-corrected chi connectivity index (χ4v) is 22.0. The van der Waals surface area contributed by atoms with E-state index in [1.807, 2.05) is 72.4 Å². The van der Waals surface area contributed by atoms with Crippen molar-refractivity contribution in [1.82, 2.24) is 28.7 Å². The van der Waals surface area contributed by atoms with Gasteiger partial charge in [-0.3, -0.25) is 15.0 Å². The summed E-state index contributed by atoms with van der Waals surface area (Å²) >= 11 is 1.88. The first-order valence-corrected chi connectivity index (χ1v) is 41.2. The van der Waals surface area contributed by atoms with E-state index in [1.54, 1.807) is 0 Å². The third-order valence-corrected chi connectivity index (χ3v) is 27.1. The second-order valence-electron chi connectivity index (χ2n) is 33.2. The summed E-state index contributed by atoms with van der Waals surface area (Å²) in [5.41, 5.74) is 37.7. The van der Waals surface area contributed by atoms with Crippen molar-refractivity contribution in [3.05, 3.63) is 373 Å². The van der Waals surface area contributed by atoms with Crippen molar-refractivity contribution in [1.29, 1.82) is 0 Å². The van der Waals surface area contributed by atoms with Crippen molar-refractivity contribution >= 4 is 141 Å². The summed E-state index contributed by atoms with van der Waals surface area (Å²) in [6.07, 6.45) is 5.70. The van der Waals surface area contributed by atoms with E-state index < -0.39 is 0 Å². The summed E-state index contributed by atoms with van der Waals surface area (Å²) in [6, 6.07) is 116. The van der Waals surface area contributed by atoms with Crippen LogP contribution >= 0.6 is 11.3 Å². The minimum absolute atomic E-state index is 0.117. The van der Waals surface area contributed by atoms with Gasteiger partial charge in [-0.15, -0.1) is 11.3 Å². The van der Waals surface area contributed by atoms with Gasteiger partial charge < -0.3 is 22.5 Å². The van der Waals surface area contributed by atoms with Crippen molar-refractivity contribution in [2.45, 2.75) is 57.8 Å². The molecule has 0 saturated heterocycles. The van der Waals surface area contributed by atoms with Crippen molar-refractivity contribution in [3.63, 3.8) is 0 Å². The van der Waals surface area contributed by atoms with Gasteiger partial charge in [0.1, 0.15) is 16.7 Å². The molecule has 0 bridgehead atoms. The van der Waals surface area contributed by atoms with Crippen LogP contribution in [0.3, 0.4) is 0 Å². The van der Waals surface area contributed by atoms with E-state index in [0.717, 1.165) is 105 Å². The van der Waals surface area contributed by atoms with Gasteiger partial charge in [-0.05, 0) is 187 Å². The Balaban J connectivity index is 0.000000101. The Morgan fingerprint density at radius 1 is 0.265 bits per heavy atom. The van der Waals surface area contributed by atoms with Gasteiger partial charge in [0, 0.05) is 110 Å². The van der Waals surface area contributed by atoms with Crippen LogP contribution < -0.4 is 0 Å². The van der Waals surface area contributed by atoms with Crippen molar-refractivity contribution in [3.8, 4) is 72.7 Å². The number of pyridine rings is 3. The fraction of sp³-hybridized carbons (Fsp3) is 0.0833. The highest BCUT2D eigenvalue weighted by Gasteiger charge is 2.42. The van der Waals surface area contributed by atoms with Crippen molar-refractivity contribution in [2.24, 2.45) is 0 Å².